The summed E-state index contributed by atoms with van der Waals surface area (Å²) in [6.07, 6.45) is 4.55. The molecule has 132 valence electrons. The second kappa shape index (κ2) is 7.19. The number of nitrogens with zero attached hydrogens (tertiary/aromatic N) is 3. The number of rotatable bonds is 5. The molecule has 0 saturated carbocycles. The third kappa shape index (κ3) is 3.62. The van der Waals surface area contributed by atoms with Crippen LogP contribution in [0.5, 0.6) is 0 Å². The van der Waals surface area contributed by atoms with Crippen LogP contribution in [0.25, 0.3) is 0 Å². The Morgan fingerprint density at radius 2 is 2.12 bits per heavy atom. The lowest BCUT2D eigenvalue weighted by molar-refractivity contribution is -0.140. The van der Waals surface area contributed by atoms with Crippen molar-refractivity contribution >= 4 is 15.9 Å². The molecule has 24 heavy (non-hydrogen) atoms. The number of likely N-dealkylation sites (tertiary alicyclic amines) is 1. The van der Waals surface area contributed by atoms with Crippen LogP contribution in [-0.2, 0) is 21.2 Å². The lowest BCUT2D eigenvalue weighted by Gasteiger charge is -2.46. The van der Waals surface area contributed by atoms with Crippen molar-refractivity contribution in [3.8, 4) is 0 Å². The first kappa shape index (κ1) is 17.4. The van der Waals surface area contributed by atoms with Crippen molar-refractivity contribution in [2.75, 3.05) is 25.4 Å². The van der Waals surface area contributed by atoms with E-state index in [1.54, 1.807) is 17.4 Å². The van der Waals surface area contributed by atoms with Crippen molar-refractivity contribution in [1.82, 2.24) is 14.2 Å². The van der Waals surface area contributed by atoms with Crippen LogP contribution in [0.1, 0.15) is 31.9 Å². The lowest BCUT2D eigenvalue weighted by Crippen LogP contribution is -2.57. The summed E-state index contributed by atoms with van der Waals surface area (Å²) in [5, 5.41) is 0. The Bertz CT molecular complexity index is 678. The molecule has 0 unspecified atom stereocenters. The fraction of sp³-hybridized carbons (Fsp3) is 0.647. The van der Waals surface area contributed by atoms with E-state index in [2.05, 4.69) is 4.98 Å². The highest BCUT2D eigenvalue weighted by molar-refractivity contribution is 7.89. The first-order valence-electron chi connectivity index (χ1n) is 8.68. The van der Waals surface area contributed by atoms with Crippen molar-refractivity contribution in [3.05, 3.63) is 30.1 Å². The molecule has 0 bridgehead atoms. The van der Waals surface area contributed by atoms with Crippen molar-refractivity contribution in [3.63, 3.8) is 0 Å². The molecule has 7 heteroatoms. The lowest BCUT2D eigenvalue weighted by atomic mass is 9.84. The van der Waals surface area contributed by atoms with Crippen LogP contribution in [0, 0.1) is 5.92 Å². The van der Waals surface area contributed by atoms with Gasteiger partial charge in [-0.3, -0.25) is 9.78 Å². The number of aromatic nitrogens is 1. The van der Waals surface area contributed by atoms with E-state index >= 15 is 0 Å². The minimum Gasteiger partial charge on any atom is -0.339 e. The van der Waals surface area contributed by atoms with Gasteiger partial charge in [-0.25, -0.2) is 12.7 Å². The second-order valence-electron chi connectivity index (χ2n) is 6.57. The summed E-state index contributed by atoms with van der Waals surface area (Å²) in [7, 11) is -3.14. The topological polar surface area (TPSA) is 70.6 Å². The number of piperidine rings is 2. The van der Waals surface area contributed by atoms with E-state index in [4.69, 9.17) is 0 Å². The quantitative estimate of drug-likeness (QED) is 0.801. The minimum absolute atomic E-state index is 0.146. The van der Waals surface area contributed by atoms with Gasteiger partial charge in [0.05, 0.1) is 5.75 Å². The van der Waals surface area contributed by atoms with Gasteiger partial charge in [-0.1, -0.05) is 6.07 Å². The summed E-state index contributed by atoms with van der Waals surface area (Å²) in [6.45, 7) is 3.42. The van der Waals surface area contributed by atoms with Gasteiger partial charge in [-0.05, 0) is 37.8 Å². The van der Waals surface area contributed by atoms with Gasteiger partial charge in [0.25, 0.3) is 0 Å². The molecule has 2 saturated heterocycles. The van der Waals surface area contributed by atoms with E-state index in [0.717, 1.165) is 25.0 Å². The van der Waals surface area contributed by atoms with Crippen LogP contribution < -0.4 is 0 Å². The van der Waals surface area contributed by atoms with Crippen LogP contribution in [0.2, 0.25) is 0 Å². The Morgan fingerprint density at radius 1 is 1.29 bits per heavy atom. The van der Waals surface area contributed by atoms with E-state index < -0.39 is 10.0 Å². The molecule has 2 aliphatic heterocycles. The Morgan fingerprint density at radius 3 is 2.83 bits per heavy atom. The molecule has 2 aliphatic rings. The SMILES string of the molecule is CCS(=O)(=O)N1CC[C@@H]2[C@@H](CCC(=O)N2CCc2ccccn2)C1. The number of hydrogen-bond donors (Lipinski definition) is 0. The molecule has 3 rings (SSSR count). The zero-order valence-electron chi connectivity index (χ0n) is 14.1. The fourth-order valence-electron chi connectivity index (χ4n) is 3.82. The number of pyridine rings is 1. The van der Waals surface area contributed by atoms with Gasteiger partial charge in [0.15, 0.2) is 0 Å². The zero-order valence-corrected chi connectivity index (χ0v) is 14.9. The average molecular weight is 351 g/mol. The predicted octanol–water partition coefficient (Wildman–Crippen LogP) is 1.29. The molecular weight excluding hydrogens is 326 g/mol. The summed E-state index contributed by atoms with van der Waals surface area (Å²) in [6, 6.07) is 5.98. The van der Waals surface area contributed by atoms with E-state index in [9.17, 15) is 13.2 Å². The number of amides is 1. The molecule has 1 amide bonds. The zero-order chi connectivity index (χ0) is 17.2. The number of sulfonamides is 1. The molecule has 2 atom stereocenters. The predicted molar refractivity (Wildman–Crippen MR) is 91.8 cm³/mol. The Labute approximate surface area is 143 Å². The molecule has 2 fully saturated rings. The molecule has 1 aromatic rings. The van der Waals surface area contributed by atoms with Crippen molar-refractivity contribution in [1.29, 1.82) is 0 Å². The van der Waals surface area contributed by atoms with Crippen LogP contribution in [0.3, 0.4) is 0 Å². The fourth-order valence-corrected chi connectivity index (χ4v) is 4.99. The third-order valence-corrected chi connectivity index (χ3v) is 7.05. The van der Waals surface area contributed by atoms with Crippen molar-refractivity contribution in [2.24, 2.45) is 5.92 Å². The van der Waals surface area contributed by atoms with Gasteiger partial charge in [0.2, 0.25) is 15.9 Å². The van der Waals surface area contributed by atoms with E-state index in [1.165, 1.54) is 0 Å². The first-order valence-corrected chi connectivity index (χ1v) is 10.3. The van der Waals surface area contributed by atoms with Crippen LogP contribution in [0.15, 0.2) is 24.4 Å². The molecule has 0 aromatic carbocycles. The maximum absolute atomic E-state index is 12.4. The molecule has 1 aromatic heterocycles. The van der Waals surface area contributed by atoms with Crippen LogP contribution in [0.4, 0.5) is 0 Å². The monoisotopic (exact) mass is 351 g/mol. The number of fused-ring (bicyclic) bond motifs is 1. The summed E-state index contributed by atoms with van der Waals surface area (Å²) < 4.78 is 25.9. The Hall–Kier alpha value is -1.47. The van der Waals surface area contributed by atoms with Crippen LogP contribution in [-0.4, -0.2) is 59.9 Å². The maximum atomic E-state index is 12.4. The highest BCUT2D eigenvalue weighted by Crippen LogP contribution is 2.32. The molecule has 0 N–H and O–H groups in total. The van der Waals surface area contributed by atoms with E-state index in [-0.39, 0.29) is 23.6 Å². The van der Waals surface area contributed by atoms with Crippen molar-refractivity contribution in [2.45, 2.75) is 38.6 Å². The summed E-state index contributed by atoms with van der Waals surface area (Å²) in [4.78, 5) is 18.7. The molecule has 3 heterocycles. The van der Waals surface area contributed by atoms with Gasteiger partial charge >= 0.3 is 0 Å². The second-order valence-corrected chi connectivity index (χ2v) is 8.83. The highest BCUT2D eigenvalue weighted by Gasteiger charge is 2.41. The summed E-state index contributed by atoms with van der Waals surface area (Å²) >= 11 is 0. The third-order valence-electron chi connectivity index (χ3n) is 5.20. The smallest absolute Gasteiger partial charge is 0.222 e. The van der Waals surface area contributed by atoms with E-state index in [0.29, 0.717) is 26.1 Å². The summed E-state index contributed by atoms with van der Waals surface area (Å²) in [5.74, 6) is 0.590. The van der Waals surface area contributed by atoms with Crippen molar-refractivity contribution < 1.29 is 13.2 Å². The molecule has 6 nitrogen and oxygen atoms in total. The maximum Gasteiger partial charge on any atom is 0.222 e. The molecular formula is C17H25N3O3S. The van der Waals surface area contributed by atoms with Gasteiger partial charge < -0.3 is 4.90 Å². The number of hydrogen-bond acceptors (Lipinski definition) is 4. The Balaban J connectivity index is 1.67. The van der Waals surface area contributed by atoms with E-state index in [1.807, 2.05) is 23.1 Å². The standard InChI is InChI=1S/C17H25N3O3S/c1-2-24(22,23)19-11-9-16-14(13-19)6-7-17(21)20(16)12-8-15-5-3-4-10-18-15/h3-5,10,14,16H,2,6-9,11-13H2,1H3/t14-,16+/m0/s1. The Kier molecular flexibility index (Phi) is 5.20. The summed E-state index contributed by atoms with van der Waals surface area (Å²) in [5.41, 5.74) is 0.985. The number of carbonyl (C=O) groups excluding carboxylic acids is 1. The van der Waals surface area contributed by atoms with Gasteiger partial charge in [-0.15, -0.1) is 0 Å². The van der Waals surface area contributed by atoms with Gasteiger partial charge in [0, 0.05) is 50.4 Å². The molecule has 0 radical (unpaired) electrons. The molecule has 0 spiro atoms. The average Bonchev–Trinajstić information content (AvgIpc) is 2.61. The van der Waals surface area contributed by atoms with Gasteiger partial charge in [0.1, 0.15) is 0 Å². The highest BCUT2D eigenvalue weighted by atomic mass is 32.2. The normalized spacial score (nSPS) is 25.5. The largest absolute Gasteiger partial charge is 0.339 e. The molecule has 0 aliphatic carbocycles. The number of carbonyl (C=O) groups is 1. The minimum atomic E-state index is -3.14. The van der Waals surface area contributed by atoms with Crippen LogP contribution >= 0.6 is 0 Å². The first-order chi connectivity index (χ1) is 11.5. The van der Waals surface area contributed by atoms with Gasteiger partial charge in [-0.2, -0.15) is 0 Å².